The van der Waals surface area contributed by atoms with Crippen LogP contribution in [0.1, 0.15) is 5.56 Å². The minimum absolute atomic E-state index is 0.0805. The van der Waals surface area contributed by atoms with Gasteiger partial charge in [-0.3, -0.25) is 5.10 Å². The maximum atomic E-state index is 12.8. The van der Waals surface area contributed by atoms with Crippen LogP contribution < -0.4 is 14.4 Å². The Morgan fingerprint density at radius 3 is 2.73 bits per heavy atom. The summed E-state index contributed by atoms with van der Waals surface area (Å²) in [5.74, 6) is 1.39. The van der Waals surface area contributed by atoms with Gasteiger partial charge in [-0.1, -0.05) is 24.3 Å². The SMILES string of the molecule is Cc1ccc(N(C(=O)Oc2ccccc2)c2ccn[nH]2)cc1OCC#N. The standard InChI is InChI=1S/C19H16N4O3/c1-14-7-8-15(13-17(14)25-12-10-20)23(18-9-11-21-22-18)19(24)26-16-5-3-2-4-6-16/h2-9,11,13H,12H2,1H3,(H,21,22). The molecule has 26 heavy (non-hydrogen) atoms. The Morgan fingerprint density at radius 1 is 1.23 bits per heavy atom. The fourth-order valence-corrected chi connectivity index (χ4v) is 2.34. The predicted octanol–water partition coefficient (Wildman–Crippen LogP) is 3.96. The van der Waals surface area contributed by atoms with Crippen molar-refractivity contribution in [1.82, 2.24) is 10.2 Å². The molecule has 0 saturated carbocycles. The number of carbonyl (C=O) groups is 1. The summed E-state index contributed by atoms with van der Waals surface area (Å²) >= 11 is 0. The zero-order valence-electron chi connectivity index (χ0n) is 14.0. The lowest BCUT2D eigenvalue weighted by atomic mass is 10.2. The molecule has 0 aliphatic rings. The van der Waals surface area contributed by atoms with Gasteiger partial charge in [-0.25, -0.2) is 9.69 Å². The van der Waals surface area contributed by atoms with Crippen LogP contribution in [0.4, 0.5) is 16.3 Å². The first-order valence-corrected chi connectivity index (χ1v) is 7.86. The van der Waals surface area contributed by atoms with Gasteiger partial charge in [-0.05, 0) is 30.7 Å². The molecule has 3 rings (SSSR count). The number of carbonyl (C=O) groups excluding carboxylic acids is 1. The van der Waals surface area contributed by atoms with E-state index in [0.29, 0.717) is 23.0 Å². The Hall–Kier alpha value is -3.79. The summed E-state index contributed by atoms with van der Waals surface area (Å²) in [6.07, 6.45) is 0.940. The van der Waals surface area contributed by atoms with Crippen molar-refractivity contribution in [2.45, 2.75) is 6.92 Å². The summed E-state index contributed by atoms with van der Waals surface area (Å²) in [7, 11) is 0. The Kier molecular flexibility index (Phi) is 5.15. The molecule has 1 amide bonds. The monoisotopic (exact) mass is 348 g/mol. The molecule has 7 nitrogen and oxygen atoms in total. The molecule has 0 radical (unpaired) electrons. The number of aryl methyl sites for hydroxylation is 1. The van der Waals surface area contributed by atoms with Crippen LogP contribution in [0.3, 0.4) is 0 Å². The van der Waals surface area contributed by atoms with E-state index in [1.54, 1.807) is 54.7 Å². The number of amides is 1. The van der Waals surface area contributed by atoms with E-state index in [-0.39, 0.29) is 6.61 Å². The van der Waals surface area contributed by atoms with Crippen molar-refractivity contribution < 1.29 is 14.3 Å². The van der Waals surface area contributed by atoms with Gasteiger partial charge in [0, 0.05) is 12.1 Å². The summed E-state index contributed by atoms with van der Waals surface area (Å²) in [6, 6.07) is 17.6. The first-order valence-electron chi connectivity index (χ1n) is 7.86. The van der Waals surface area contributed by atoms with Crippen molar-refractivity contribution in [2.24, 2.45) is 0 Å². The van der Waals surface area contributed by atoms with Gasteiger partial charge in [0.15, 0.2) is 6.61 Å². The third-order valence-electron chi connectivity index (χ3n) is 3.58. The smallest absolute Gasteiger partial charge is 0.425 e. The van der Waals surface area contributed by atoms with Crippen LogP contribution in [0.5, 0.6) is 11.5 Å². The number of hydrogen-bond donors (Lipinski definition) is 1. The average Bonchev–Trinajstić information content (AvgIpc) is 3.17. The molecular weight excluding hydrogens is 332 g/mol. The molecule has 0 aliphatic carbocycles. The topological polar surface area (TPSA) is 91.2 Å². The fraction of sp³-hybridized carbons (Fsp3) is 0.105. The molecule has 1 aromatic heterocycles. The molecule has 1 N–H and O–H groups in total. The highest BCUT2D eigenvalue weighted by Gasteiger charge is 2.22. The van der Waals surface area contributed by atoms with E-state index in [1.165, 1.54) is 4.90 Å². The molecule has 1 heterocycles. The van der Waals surface area contributed by atoms with E-state index in [2.05, 4.69) is 10.2 Å². The zero-order valence-corrected chi connectivity index (χ0v) is 14.0. The van der Waals surface area contributed by atoms with E-state index in [0.717, 1.165) is 5.56 Å². The van der Waals surface area contributed by atoms with Crippen molar-refractivity contribution >= 4 is 17.6 Å². The van der Waals surface area contributed by atoms with Crippen LogP contribution in [0.15, 0.2) is 60.8 Å². The van der Waals surface area contributed by atoms with Gasteiger partial charge in [0.2, 0.25) is 0 Å². The second-order valence-electron chi connectivity index (χ2n) is 5.35. The molecule has 2 aromatic carbocycles. The number of rotatable bonds is 5. The van der Waals surface area contributed by atoms with E-state index in [9.17, 15) is 4.79 Å². The second-order valence-corrected chi connectivity index (χ2v) is 5.35. The Bertz CT molecular complexity index is 918. The Balaban J connectivity index is 1.95. The number of nitriles is 1. The predicted molar refractivity (Wildman–Crippen MR) is 95.5 cm³/mol. The fourth-order valence-electron chi connectivity index (χ4n) is 2.34. The third-order valence-corrected chi connectivity index (χ3v) is 3.58. The van der Waals surface area contributed by atoms with Gasteiger partial charge in [0.1, 0.15) is 23.4 Å². The lowest BCUT2D eigenvalue weighted by Crippen LogP contribution is -2.29. The lowest BCUT2D eigenvalue weighted by molar-refractivity contribution is 0.210. The number of ether oxygens (including phenoxy) is 2. The number of para-hydroxylation sites is 1. The summed E-state index contributed by atoms with van der Waals surface area (Å²) < 4.78 is 10.9. The number of nitrogens with zero attached hydrogens (tertiary/aromatic N) is 3. The van der Waals surface area contributed by atoms with Gasteiger partial charge >= 0.3 is 6.09 Å². The van der Waals surface area contributed by atoms with Crippen LogP contribution in [0, 0.1) is 18.3 Å². The molecule has 3 aromatic rings. The van der Waals surface area contributed by atoms with Crippen LogP contribution in [0.2, 0.25) is 0 Å². The summed E-state index contributed by atoms with van der Waals surface area (Å²) in [6.45, 7) is 1.78. The third kappa shape index (κ3) is 3.82. The number of anilines is 2. The van der Waals surface area contributed by atoms with Crippen molar-refractivity contribution in [3.05, 3.63) is 66.4 Å². The van der Waals surface area contributed by atoms with E-state index in [4.69, 9.17) is 14.7 Å². The van der Waals surface area contributed by atoms with Gasteiger partial charge in [-0.15, -0.1) is 0 Å². The minimum atomic E-state index is -0.601. The highest BCUT2D eigenvalue weighted by Crippen LogP contribution is 2.30. The second kappa shape index (κ2) is 7.85. The van der Waals surface area contributed by atoms with E-state index in [1.807, 2.05) is 19.1 Å². The van der Waals surface area contributed by atoms with Crippen molar-refractivity contribution in [2.75, 3.05) is 11.5 Å². The molecule has 0 bridgehead atoms. The summed E-state index contributed by atoms with van der Waals surface area (Å²) in [4.78, 5) is 14.1. The summed E-state index contributed by atoms with van der Waals surface area (Å²) in [5.41, 5.74) is 1.37. The minimum Gasteiger partial charge on any atom is -0.478 e. The molecule has 0 atom stereocenters. The van der Waals surface area contributed by atoms with Gasteiger partial charge in [0.05, 0.1) is 11.9 Å². The molecule has 0 saturated heterocycles. The van der Waals surface area contributed by atoms with Crippen molar-refractivity contribution in [1.29, 1.82) is 5.26 Å². The molecule has 7 heteroatoms. The Morgan fingerprint density at radius 2 is 2.04 bits per heavy atom. The number of aromatic nitrogens is 2. The van der Waals surface area contributed by atoms with E-state index >= 15 is 0 Å². The lowest BCUT2D eigenvalue weighted by Gasteiger charge is -2.21. The molecule has 0 unspecified atom stereocenters. The first-order chi connectivity index (χ1) is 12.7. The maximum absolute atomic E-state index is 12.8. The van der Waals surface area contributed by atoms with Crippen molar-refractivity contribution in [3.63, 3.8) is 0 Å². The largest absolute Gasteiger partial charge is 0.478 e. The quantitative estimate of drug-likeness (QED) is 0.753. The molecule has 0 aliphatic heterocycles. The van der Waals surface area contributed by atoms with Crippen LogP contribution >= 0.6 is 0 Å². The molecule has 0 fully saturated rings. The van der Waals surface area contributed by atoms with Crippen LogP contribution in [0.25, 0.3) is 0 Å². The Labute approximate surface area is 150 Å². The highest BCUT2D eigenvalue weighted by atomic mass is 16.6. The van der Waals surface area contributed by atoms with Gasteiger partial charge < -0.3 is 9.47 Å². The number of benzene rings is 2. The first kappa shape index (κ1) is 17.0. The molecule has 130 valence electrons. The highest BCUT2D eigenvalue weighted by molar-refractivity contribution is 5.96. The maximum Gasteiger partial charge on any atom is 0.425 e. The molecule has 0 spiro atoms. The number of nitrogens with one attached hydrogen (secondary N) is 1. The van der Waals surface area contributed by atoms with Crippen LogP contribution in [-0.2, 0) is 0 Å². The normalized spacial score (nSPS) is 10.0. The number of hydrogen-bond acceptors (Lipinski definition) is 5. The van der Waals surface area contributed by atoms with E-state index < -0.39 is 6.09 Å². The summed E-state index contributed by atoms with van der Waals surface area (Å²) in [5, 5.41) is 15.4. The number of aromatic amines is 1. The van der Waals surface area contributed by atoms with Crippen molar-refractivity contribution in [3.8, 4) is 17.6 Å². The average molecular weight is 348 g/mol. The zero-order chi connectivity index (χ0) is 18.4. The number of H-pyrrole nitrogens is 1. The molecular formula is C19H16N4O3. The van der Waals surface area contributed by atoms with Gasteiger partial charge in [-0.2, -0.15) is 10.4 Å². The van der Waals surface area contributed by atoms with Crippen LogP contribution in [-0.4, -0.2) is 22.9 Å². The van der Waals surface area contributed by atoms with Gasteiger partial charge in [0.25, 0.3) is 0 Å².